The Morgan fingerprint density at radius 2 is 2.23 bits per heavy atom. The lowest BCUT2D eigenvalue weighted by Crippen LogP contribution is -2.32. The van der Waals surface area contributed by atoms with Crippen LogP contribution in [-0.4, -0.2) is 17.0 Å². The van der Waals surface area contributed by atoms with E-state index in [2.05, 4.69) is 0 Å². The lowest BCUT2D eigenvalue weighted by molar-refractivity contribution is 0.282. The predicted octanol–water partition coefficient (Wildman–Crippen LogP) is -0.428. The van der Waals surface area contributed by atoms with Gasteiger partial charge in [0.25, 0.3) is 0 Å². The van der Waals surface area contributed by atoms with Gasteiger partial charge in [0.1, 0.15) is 5.82 Å². The van der Waals surface area contributed by atoms with Gasteiger partial charge in [-0.2, -0.15) is 0 Å². The van der Waals surface area contributed by atoms with Gasteiger partial charge in [0, 0.05) is 5.97 Å². The fourth-order valence-electron chi connectivity index (χ4n) is 1.05. The molecule has 3 nitrogen and oxygen atoms in total. The summed E-state index contributed by atoms with van der Waals surface area (Å²) in [7, 11) is 0. The molecule has 1 rings (SSSR count). The van der Waals surface area contributed by atoms with Crippen molar-refractivity contribution in [3.05, 3.63) is 29.6 Å². The Hall–Kier alpha value is -1.38. The summed E-state index contributed by atoms with van der Waals surface area (Å²) in [4.78, 5) is 0. The van der Waals surface area contributed by atoms with Crippen molar-refractivity contribution in [2.45, 2.75) is 6.61 Å². The minimum Gasteiger partial charge on any atom is -0.435 e. The van der Waals surface area contributed by atoms with Crippen LogP contribution in [0.25, 0.3) is 0 Å². The van der Waals surface area contributed by atoms with E-state index in [0.29, 0.717) is 0 Å². The SMILES string of the molecule is N#CB(O)c1ccc(F)cc1CO. The maximum atomic E-state index is 12.6. The van der Waals surface area contributed by atoms with Crippen LogP contribution in [0, 0.1) is 17.0 Å². The molecule has 0 atom stereocenters. The smallest absolute Gasteiger partial charge is 0.435 e. The molecule has 0 saturated carbocycles. The van der Waals surface area contributed by atoms with Crippen LogP contribution >= 0.6 is 0 Å². The van der Waals surface area contributed by atoms with Crippen molar-refractivity contribution in [2.24, 2.45) is 0 Å². The average Bonchev–Trinajstić information content (AvgIpc) is 2.16. The number of aliphatic hydroxyl groups excluding tert-OH is 1. The van der Waals surface area contributed by atoms with Crippen molar-refractivity contribution >= 4 is 12.4 Å². The van der Waals surface area contributed by atoms with E-state index in [-0.39, 0.29) is 11.0 Å². The third kappa shape index (κ3) is 2.05. The van der Waals surface area contributed by atoms with E-state index in [0.717, 1.165) is 12.1 Å². The molecule has 0 aliphatic heterocycles. The summed E-state index contributed by atoms with van der Waals surface area (Å²) in [6, 6.07) is 3.51. The molecule has 1 aromatic carbocycles. The second-order valence-electron chi connectivity index (χ2n) is 2.53. The van der Waals surface area contributed by atoms with Gasteiger partial charge in [0.05, 0.1) is 6.61 Å². The third-order valence-electron chi connectivity index (χ3n) is 1.69. The van der Waals surface area contributed by atoms with Crippen LogP contribution in [-0.2, 0) is 6.61 Å². The highest BCUT2D eigenvalue weighted by Gasteiger charge is 2.17. The van der Waals surface area contributed by atoms with Gasteiger partial charge >= 0.3 is 6.92 Å². The first-order valence-electron chi connectivity index (χ1n) is 3.66. The predicted molar refractivity (Wildman–Crippen MR) is 45.5 cm³/mol. The van der Waals surface area contributed by atoms with Crippen molar-refractivity contribution < 1.29 is 14.5 Å². The first-order chi connectivity index (χ1) is 6.19. The van der Waals surface area contributed by atoms with Crippen LogP contribution in [0.5, 0.6) is 0 Å². The largest absolute Gasteiger partial charge is 0.445 e. The third-order valence-corrected chi connectivity index (χ3v) is 1.69. The standard InChI is InChI=1S/C8H7BFNO2/c10-7-1-2-8(9(13)5-11)6(3-7)4-12/h1-3,12-13H,4H2. The summed E-state index contributed by atoms with van der Waals surface area (Å²) in [5.41, 5.74) is 0.473. The maximum Gasteiger partial charge on any atom is 0.445 e. The molecule has 2 N–H and O–H groups in total. The zero-order valence-corrected chi connectivity index (χ0v) is 6.74. The van der Waals surface area contributed by atoms with Crippen LogP contribution in [0.15, 0.2) is 18.2 Å². The van der Waals surface area contributed by atoms with Crippen LogP contribution in [0.1, 0.15) is 5.56 Å². The molecular formula is C8H7BFNO2. The van der Waals surface area contributed by atoms with Crippen LogP contribution in [0.2, 0.25) is 0 Å². The summed E-state index contributed by atoms with van der Waals surface area (Å²) >= 11 is 0. The number of benzene rings is 1. The number of halogens is 1. The molecule has 0 spiro atoms. The lowest BCUT2D eigenvalue weighted by Gasteiger charge is -2.04. The fourth-order valence-corrected chi connectivity index (χ4v) is 1.05. The number of rotatable bonds is 2. The molecule has 0 fully saturated rings. The van der Waals surface area contributed by atoms with Gasteiger partial charge in [-0.1, -0.05) is 6.07 Å². The molecule has 0 unspecified atom stereocenters. The summed E-state index contributed by atoms with van der Waals surface area (Å²) in [6.45, 7) is -1.71. The van der Waals surface area contributed by atoms with E-state index in [1.54, 1.807) is 5.97 Å². The van der Waals surface area contributed by atoms with E-state index in [1.807, 2.05) is 0 Å². The molecule has 0 aromatic heterocycles. The van der Waals surface area contributed by atoms with Gasteiger partial charge in [0.2, 0.25) is 0 Å². The molecule has 0 radical (unpaired) electrons. The average molecular weight is 179 g/mol. The Labute approximate surface area is 75.2 Å². The Kier molecular flexibility index (Phi) is 3.01. The van der Waals surface area contributed by atoms with E-state index >= 15 is 0 Å². The second-order valence-corrected chi connectivity index (χ2v) is 2.53. The van der Waals surface area contributed by atoms with Crippen molar-refractivity contribution in [1.82, 2.24) is 0 Å². The highest BCUT2D eigenvalue weighted by atomic mass is 19.1. The quantitative estimate of drug-likeness (QED) is 0.605. The molecule has 0 aliphatic rings. The Bertz CT molecular complexity index is 350. The lowest BCUT2D eigenvalue weighted by atomic mass is 9.62. The van der Waals surface area contributed by atoms with Gasteiger partial charge in [-0.3, -0.25) is 0 Å². The zero-order chi connectivity index (χ0) is 9.84. The van der Waals surface area contributed by atoms with Crippen molar-refractivity contribution in [1.29, 1.82) is 5.26 Å². The normalized spacial score (nSPS) is 9.38. The van der Waals surface area contributed by atoms with Gasteiger partial charge in [-0.25, -0.2) is 9.65 Å². The fraction of sp³-hybridized carbons (Fsp3) is 0.125. The Balaban J connectivity index is 3.15. The van der Waals surface area contributed by atoms with Gasteiger partial charge in [0.15, 0.2) is 0 Å². The highest BCUT2D eigenvalue weighted by molar-refractivity contribution is 6.73. The minimum atomic E-state index is -1.32. The van der Waals surface area contributed by atoms with E-state index in [1.165, 1.54) is 6.07 Å². The summed E-state index contributed by atoms with van der Waals surface area (Å²) < 4.78 is 12.6. The number of hydrogen-bond donors (Lipinski definition) is 2. The molecule has 0 heterocycles. The summed E-state index contributed by atoms with van der Waals surface area (Å²) in [5, 5.41) is 26.3. The first-order valence-corrected chi connectivity index (χ1v) is 3.66. The van der Waals surface area contributed by atoms with E-state index in [4.69, 9.17) is 15.4 Å². The molecule has 0 saturated heterocycles. The molecule has 13 heavy (non-hydrogen) atoms. The van der Waals surface area contributed by atoms with Crippen LogP contribution < -0.4 is 5.46 Å². The van der Waals surface area contributed by atoms with Gasteiger partial charge in [-0.05, 0) is 23.2 Å². The van der Waals surface area contributed by atoms with Gasteiger partial charge in [-0.15, -0.1) is 0 Å². The minimum absolute atomic E-state index is 0.231. The van der Waals surface area contributed by atoms with E-state index < -0.39 is 19.3 Å². The molecule has 0 aliphatic carbocycles. The van der Waals surface area contributed by atoms with Crippen LogP contribution in [0.3, 0.4) is 0 Å². The summed E-state index contributed by atoms with van der Waals surface area (Å²) in [6.07, 6.45) is 0. The van der Waals surface area contributed by atoms with Crippen molar-refractivity contribution in [3.8, 4) is 5.97 Å². The van der Waals surface area contributed by atoms with Gasteiger partial charge < -0.3 is 10.1 Å². The number of aliphatic hydroxyl groups is 1. The number of hydrogen-bond acceptors (Lipinski definition) is 3. The highest BCUT2D eigenvalue weighted by Crippen LogP contribution is 2.02. The molecule has 0 bridgehead atoms. The maximum absolute atomic E-state index is 12.6. The monoisotopic (exact) mass is 179 g/mol. The van der Waals surface area contributed by atoms with E-state index in [9.17, 15) is 4.39 Å². The molecule has 1 aromatic rings. The molecular weight excluding hydrogens is 172 g/mol. The van der Waals surface area contributed by atoms with Crippen molar-refractivity contribution in [2.75, 3.05) is 0 Å². The molecule has 5 heteroatoms. The molecule has 0 amide bonds. The number of nitriles is 1. The first kappa shape index (κ1) is 9.71. The summed E-state index contributed by atoms with van der Waals surface area (Å²) in [5.74, 6) is 1.10. The van der Waals surface area contributed by atoms with Crippen molar-refractivity contribution in [3.63, 3.8) is 0 Å². The van der Waals surface area contributed by atoms with Crippen LogP contribution in [0.4, 0.5) is 4.39 Å². The molecule has 66 valence electrons. The topological polar surface area (TPSA) is 64.2 Å². The second kappa shape index (κ2) is 4.03. The zero-order valence-electron chi connectivity index (χ0n) is 6.74. The Morgan fingerprint density at radius 3 is 2.77 bits per heavy atom. The number of nitrogens with zero attached hydrogens (tertiary/aromatic N) is 1. The Morgan fingerprint density at radius 1 is 1.54 bits per heavy atom.